The highest BCUT2D eigenvalue weighted by Crippen LogP contribution is 2.29. The molecule has 1 atom stereocenters. The minimum atomic E-state index is -0.0916. The molecule has 0 aliphatic rings. The van der Waals surface area contributed by atoms with E-state index in [-0.39, 0.29) is 11.9 Å². The zero-order valence-corrected chi connectivity index (χ0v) is 15.4. The highest BCUT2D eigenvalue weighted by atomic mass is 32.1. The maximum Gasteiger partial charge on any atom is 0.263 e. The van der Waals surface area contributed by atoms with Gasteiger partial charge in [0.25, 0.3) is 5.91 Å². The van der Waals surface area contributed by atoms with E-state index in [4.69, 9.17) is 9.47 Å². The molecule has 0 fully saturated rings. The fourth-order valence-corrected chi connectivity index (χ4v) is 3.28. The van der Waals surface area contributed by atoms with Gasteiger partial charge in [-0.3, -0.25) is 4.79 Å². The van der Waals surface area contributed by atoms with E-state index in [1.807, 2.05) is 45.0 Å². The summed E-state index contributed by atoms with van der Waals surface area (Å²) in [6, 6.07) is 7.77. The predicted octanol–water partition coefficient (Wildman–Crippen LogP) is 3.67. The molecule has 1 aromatic carbocycles. The number of amides is 1. The third kappa shape index (κ3) is 4.55. The van der Waals surface area contributed by atoms with Crippen molar-refractivity contribution >= 4 is 17.2 Å². The lowest BCUT2D eigenvalue weighted by molar-refractivity contribution is 0.0898. The van der Waals surface area contributed by atoms with Crippen LogP contribution in [0.2, 0.25) is 0 Å². The highest BCUT2D eigenvalue weighted by Gasteiger charge is 2.18. The van der Waals surface area contributed by atoms with Gasteiger partial charge in [0.15, 0.2) is 0 Å². The van der Waals surface area contributed by atoms with Crippen LogP contribution in [0.5, 0.6) is 5.75 Å². The largest absolute Gasteiger partial charge is 0.494 e. The minimum Gasteiger partial charge on any atom is -0.494 e. The molecule has 1 N–H and O–H groups in total. The van der Waals surface area contributed by atoms with Crippen molar-refractivity contribution in [2.24, 2.45) is 0 Å². The van der Waals surface area contributed by atoms with E-state index in [2.05, 4.69) is 10.3 Å². The summed E-state index contributed by atoms with van der Waals surface area (Å²) in [6.45, 7) is 6.98. The van der Waals surface area contributed by atoms with E-state index in [0.29, 0.717) is 18.1 Å². The van der Waals surface area contributed by atoms with E-state index >= 15 is 0 Å². The standard InChI is InChI=1S/C18H24N2O3S/c1-5-14(11-22-4)20-17(21)16-12(3)19-18(24-16)13-7-9-15(10-8-13)23-6-2/h7-10,14H,5-6,11H2,1-4H3,(H,20,21). The monoisotopic (exact) mass is 348 g/mol. The number of carbonyl (C=O) groups excluding carboxylic acids is 1. The molecular weight excluding hydrogens is 324 g/mol. The number of carbonyl (C=O) groups is 1. The maximum absolute atomic E-state index is 12.5. The number of ether oxygens (including phenoxy) is 2. The molecule has 0 saturated carbocycles. The zero-order chi connectivity index (χ0) is 17.5. The molecule has 130 valence electrons. The number of hydrogen-bond donors (Lipinski definition) is 1. The molecule has 24 heavy (non-hydrogen) atoms. The number of aryl methyl sites for hydroxylation is 1. The Balaban J connectivity index is 2.15. The van der Waals surface area contributed by atoms with Crippen molar-refractivity contribution in [2.75, 3.05) is 20.3 Å². The average Bonchev–Trinajstić information content (AvgIpc) is 2.97. The summed E-state index contributed by atoms with van der Waals surface area (Å²) in [6.07, 6.45) is 0.823. The summed E-state index contributed by atoms with van der Waals surface area (Å²) in [5.41, 5.74) is 1.73. The van der Waals surface area contributed by atoms with E-state index in [9.17, 15) is 4.79 Å². The number of hydrogen-bond acceptors (Lipinski definition) is 5. The molecule has 1 unspecified atom stereocenters. The Morgan fingerprint density at radius 2 is 2.00 bits per heavy atom. The first-order chi connectivity index (χ1) is 11.6. The summed E-state index contributed by atoms with van der Waals surface area (Å²) < 4.78 is 10.6. The average molecular weight is 348 g/mol. The van der Waals surface area contributed by atoms with Crippen molar-refractivity contribution in [1.29, 1.82) is 0 Å². The van der Waals surface area contributed by atoms with Crippen molar-refractivity contribution in [1.82, 2.24) is 10.3 Å². The second kappa shape index (κ2) is 8.80. The van der Waals surface area contributed by atoms with Crippen molar-refractivity contribution in [2.45, 2.75) is 33.2 Å². The third-order valence-electron chi connectivity index (χ3n) is 3.61. The summed E-state index contributed by atoms with van der Waals surface area (Å²) in [5.74, 6) is 0.740. The number of nitrogens with zero attached hydrogens (tertiary/aromatic N) is 1. The number of benzene rings is 1. The van der Waals surface area contributed by atoms with Crippen LogP contribution < -0.4 is 10.1 Å². The molecule has 0 spiro atoms. The van der Waals surface area contributed by atoms with Gasteiger partial charge in [0, 0.05) is 12.7 Å². The molecule has 0 saturated heterocycles. The van der Waals surface area contributed by atoms with E-state index < -0.39 is 0 Å². The fraction of sp³-hybridized carbons (Fsp3) is 0.444. The van der Waals surface area contributed by atoms with E-state index in [1.165, 1.54) is 11.3 Å². The quantitative estimate of drug-likeness (QED) is 0.791. The topological polar surface area (TPSA) is 60.5 Å². The zero-order valence-electron chi connectivity index (χ0n) is 14.6. The molecule has 0 bridgehead atoms. The molecule has 0 aliphatic carbocycles. The van der Waals surface area contributed by atoms with Crippen molar-refractivity contribution in [3.63, 3.8) is 0 Å². The third-order valence-corrected chi connectivity index (χ3v) is 4.82. The Hall–Kier alpha value is -1.92. The molecule has 0 aliphatic heterocycles. The minimum absolute atomic E-state index is 0.0120. The Morgan fingerprint density at radius 3 is 2.58 bits per heavy atom. The van der Waals surface area contributed by atoms with Crippen LogP contribution in [-0.4, -0.2) is 37.3 Å². The van der Waals surface area contributed by atoms with Crippen molar-refractivity contribution < 1.29 is 14.3 Å². The van der Waals surface area contributed by atoms with Gasteiger partial charge in [0.1, 0.15) is 15.6 Å². The molecule has 1 amide bonds. The van der Waals surface area contributed by atoms with Crippen LogP contribution in [0.3, 0.4) is 0 Å². The first kappa shape index (κ1) is 18.4. The summed E-state index contributed by atoms with van der Waals surface area (Å²) >= 11 is 1.41. The second-order valence-electron chi connectivity index (χ2n) is 5.42. The Labute approximate surface area is 147 Å². The van der Waals surface area contributed by atoms with Crippen LogP contribution in [0.4, 0.5) is 0 Å². The molecule has 6 heteroatoms. The first-order valence-electron chi connectivity index (χ1n) is 8.09. The Morgan fingerprint density at radius 1 is 1.29 bits per heavy atom. The lowest BCUT2D eigenvalue weighted by Gasteiger charge is -2.15. The lowest BCUT2D eigenvalue weighted by Crippen LogP contribution is -2.37. The Kier molecular flexibility index (Phi) is 6.75. The van der Waals surface area contributed by atoms with Gasteiger partial charge in [-0.2, -0.15) is 0 Å². The van der Waals surface area contributed by atoms with Crippen LogP contribution in [0.25, 0.3) is 10.6 Å². The highest BCUT2D eigenvalue weighted by molar-refractivity contribution is 7.17. The van der Waals surface area contributed by atoms with Gasteiger partial charge in [-0.05, 0) is 44.5 Å². The molecule has 0 radical (unpaired) electrons. The number of aromatic nitrogens is 1. The summed E-state index contributed by atoms with van der Waals surface area (Å²) in [4.78, 5) is 17.7. The van der Waals surface area contributed by atoms with Crippen LogP contribution in [0, 0.1) is 6.92 Å². The Bertz CT molecular complexity index is 667. The van der Waals surface area contributed by atoms with Gasteiger partial charge in [-0.25, -0.2) is 4.98 Å². The number of methoxy groups -OCH3 is 1. The SMILES string of the molecule is CCOc1ccc(-c2nc(C)c(C(=O)NC(CC)COC)s2)cc1. The lowest BCUT2D eigenvalue weighted by atomic mass is 10.2. The second-order valence-corrected chi connectivity index (χ2v) is 6.42. The van der Waals surface area contributed by atoms with Crippen LogP contribution in [0.15, 0.2) is 24.3 Å². The number of thiazole rings is 1. The van der Waals surface area contributed by atoms with Gasteiger partial charge >= 0.3 is 0 Å². The molecule has 5 nitrogen and oxygen atoms in total. The first-order valence-corrected chi connectivity index (χ1v) is 8.91. The van der Waals surface area contributed by atoms with Gasteiger partial charge in [0.2, 0.25) is 0 Å². The van der Waals surface area contributed by atoms with Crippen molar-refractivity contribution in [3.05, 3.63) is 34.8 Å². The normalized spacial score (nSPS) is 12.0. The number of nitrogens with one attached hydrogen (secondary N) is 1. The summed E-state index contributed by atoms with van der Waals surface area (Å²) in [5, 5.41) is 3.84. The van der Waals surface area contributed by atoms with E-state index in [0.717, 1.165) is 28.4 Å². The summed E-state index contributed by atoms with van der Waals surface area (Å²) in [7, 11) is 1.64. The van der Waals surface area contributed by atoms with Gasteiger partial charge in [-0.15, -0.1) is 11.3 Å². The molecule has 2 aromatic rings. The van der Waals surface area contributed by atoms with Gasteiger partial charge < -0.3 is 14.8 Å². The maximum atomic E-state index is 12.5. The molecule has 2 rings (SSSR count). The van der Waals surface area contributed by atoms with E-state index in [1.54, 1.807) is 7.11 Å². The van der Waals surface area contributed by atoms with Gasteiger partial charge in [-0.1, -0.05) is 6.92 Å². The van der Waals surface area contributed by atoms with Crippen LogP contribution in [0.1, 0.15) is 35.6 Å². The van der Waals surface area contributed by atoms with Gasteiger partial charge in [0.05, 0.1) is 24.9 Å². The molecule has 1 aromatic heterocycles. The molecular formula is C18H24N2O3S. The molecule has 1 heterocycles. The van der Waals surface area contributed by atoms with Crippen molar-refractivity contribution in [3.8, 4) is 16.3 Å². The fourth-order valence-electron chi connectivity index (χ4n) is 2.30. The number of rotatable bonds is 8. The smallest absolute Gasteiger partial charge is 0.263 e. The predicted molar refractivity (Wildman–Crippen MR) is 96.9 cm³/mol. The van der Waals surface area contributed by atoms with Crippen LogP contribution >= 0.6 is 11.3 Å². The van der Waals surface area contributed by atoms with Crippen LogP contribution in [-0.2, 0) is 4.74 Å².